The van der Waals surface area contributed by atoms with Gasteiger partial charge >= 0.3 is 6.03 Å². The Labute approximate surface area is 193 Å². The second kappa shape index (κ2) is 21.1. The summed E-state index contributed by atoms with van der Waals surface area (Å²) >= 11 is 0. The molecule has 0 radical (unpaired) electrons. The number of carbonyl (C=O) groups is 1. The van der Waals surface area contributed by atoms with Gasteiger partial charge in [0.05, 0.1) is 0 Å². The maximum atomic E-state index is 11.9. The molecule has 0 saturated carbocycles. The van der Waals surface area contributed by atoms with Crippen molar-refractivity contribution in [2.45, 2.75) is 123 Å². The lowest BCUT2D eigenvalue weighted by Gasteiger charge is -2.33. The van der Waals surface area contributed by atoms with Gasteiger partial charge in [0.1, 0.15) is 0 Å². The second-order valence-corrected chi connectivity index (χ2v) is 9.58. The zero-order chi connectivity index (χ0) is 22.4. The first-order valence-electron chi connectivity index (χ1n) is 13.7. The van der Waals surface area contributed by atoms with Crippen molar-refractivity contribution in [3.8, 4) is 0 Å². The number of nitrogens with zero attached hydrogens (tertiary/aromatic N) is 1. The molecule has 0 aromatic carbocycles. The largest absolute Gasteiger partial charge is 0.338 e. The third-order valence-corrected chi connectivity index (χ3v) is 6.64. The Morgan fingerprint density at radius 1 is 0.774 bits per heavy atom. The van der Waals surface area contributed by atoms with Crippen molar-refractivity contribution in [2.24, 2.45) is 0 Å². The van der Waals surface area contributed by atoms with Crippen LogP contribution >= 0.6 is 0 Å². The van der Waals surface area contributed by atoms with E-state index < -0.39 is 0 Å². The molecule has 1 rings (SSSR count). The average molecular weight is 439 g/mol. The van der Waals surface area contributed by atoms with E-state index in [1.54, 1.807) is 0 Å². The molecule has 5 nitrogen and oxygen atoms in total. The minimum atomic E-state index is -0.0104. The average Bonchev–Trinajstić information content (AvgIpc) is 2.77. The molecule has 0 bridgehead atoms. The van der Waals surface area contributed by atoms with Crippen LogP contribution in [0.25, 0.3) is 0 Å². The first-order chi connectivity index (χ1) is 15.2. The van der Waals surface area contributed by atoms with E-state index in [4.69, 9.17) is 0 Å². The third kappa shape index (κ3) is 17.4. The van der Waals surface area contributed by atoms with Crippen LogP contribution in [0.1, 0.15) is 117 Å². The number of hydrogen-bond acceptors (Lipinski definition) is 3. The molecule has 0 aromatic heterocycles. The van der Waals surface area contributed by atoms with Crippen molar-refractivity contribution in [1.82, 2.24) is 20.9 Å². The molecular weight excluding hydrogens is 384 g/mol. The zero-order valence-corrected chi connectivity index (χ0v) is 21.0. The van der Waals surface area contributed by atoms with Crippen LogP contribution in [-0.2, 0) is 0 Å². The fraction of sp³-hybridized carbons (Fsp3) is 0.962. The summed E-state index contributed by atoms with van der Waals surface area (Å²) in [6.07, 6.45) is 22.1. The minimum Gasteiger partial charge on any atom is -0.338 e. The molecule has 1 saturated heterocycles. The van der Waals surface area contributed by atoms with Gasteiger partial charge in [0.25, 0.3) is 0 Å². The predicted molar refractivity (Wildman–Crippen MR) is 135 cm³/mol. The van der Waals surface area contributed by atoms with E-state index in [2.05, 4.69) is 34.7 Å². The lowest BCUT2D eigenvalue weighted by Crippen LogP contribution is -2.52. The SMILES string of the molecule is CCCCCCCCCCCCCCCCCCNC(=O)NCCN1CCNCC1C. The van der Waals surface area contributed by atoms with Gasteiger partial charge in [0, 0.05) is 45.3 Å². The van der Waals surface area contributed by atoms with Crippen LogP contribution in [0.2, 0.25) is 0 Å². The van der Waals surface area contributed by atoms with Crippen molar-refractivity contribution in [2.75, 3.05) is 39.3 Å². The molecular formula is C26H54N4O. The molecule has 1 atom stereocenters. The number of hydrogen-bond donors (Lipinski definition) is 3. The van der Waals surface area contributed by atoms with Crippen LogP contribution in [0, 0.1) is 0 Å². The van der Waals surface area contributed by atoms with E-state index in [1.165, 1.54) is 96.3 Å². The molecule has 1 fully saturated rings. The van der Waals surface area contributed by atoms with E-state index in [9.17, 15) is 4.79 Å². The smallest absolute Gasteiger partial charge is 0.314 e. The normalized spacial score (nSPS) is 17.0. The topological polar surface area (TPSA) is 56.4 Å². The van der Waals surface area contributed by atoms with Gasteiger partial charge < -0.3 is 16.0 Å². The number of carbonyl (C=O) groups excluding carboxylic acids is 1. The van der Waals surface area contributed by atoms with Gasteiger partial charge in [-0.25, -0.2) is 4.79 Å². The van der Waals surface area contributed by atoms with Crippen LogP contribution in [0.15, 0.2) is 0 Å². The van der Waals surface area contributed by atoms with Crippen LogP contribution in [-0.4, -0.2) is 56.2 Å². The van der Waals surface area contributed by atoms with E-state index in [-0.39, 0.29) is 6.03 Å². The zero-order valence-electron chi connectivity index (χ0n) is 21.0. The maximum Gasteiger partial charge on any atom is 0.314 e. The van der Waals surface area contributed by atoms with Gasteiger partial charge in [-0.15, -0.1) is 0 Å². The molecule has 1 aliphatic heterocycles. The van der Waals surface area contributed by atoms with Crippen LogP contribution < -0.4 is 16.0 Å². The number of unbranched alkanes of at least 4 members (excludes halogenated alkanes) is 15. The summed E-state index contributed by atoms with van der Waals surface area (Å²) in [7, 11) is 0. The van der Waals surface area contributed by atoms with Crippen molar-refractivity contribution >= 4 is 6.03 Å². The first-order valence-corrected chi connectivity index (χ1v) is 13.7. The predicted octanol–water partition coefficient (Wildman–Crippen LogP) is 5.84. The molecule has 2 amide bonds. The van der Waals surface area contributed by atoms with Crippen LogP contribution in [0.3, 0.4) is 0 Å². The molecule has 0 spiro atoms. The Morgan fingerprint density at radius 3 is 1.77 bits per heavy atom. The number of piperazine rings is 1. The fourth-order valence-corrected chi connectivity index (χ4v) is 4.47. The molecule has 5 heteroatoms. The molecule has 0 aliphatic carbocycles. The van der Waals surface area contributed by atoms with Gasteiger partial charge in [-0.2, -0.15) is 0 Å². The fourth-order valence-electron chi connectivity index (χ4n) is 4.47. The molecule has 1 aliphatic rings. The number of amides is 2. The first kappa shape index (κ1) is 28.2. The van der Waals surface area contributed by atoms with Gasteiger partial charge in [-0.1, -0.05) is 103 Å². The minimum absolute atomic E-state index is 0.0104. The van der Waals surface area contributed by atoms with E-state index in [1.807, 2.05) is 0 Å². The third-order valence-electron chi connectivity index (χ3n) is 6.64. The van der Waals surface area contributed by atoms with Gasteiger partial charge in [0.2, 0.25) is 0 Å². The van der Waals surface area contributed by atoms with E-state index >= 15 is 0 Å². The molecule has 31 heavy (non-hydrogen) atoms. The van der Waals surface area contributed by atoms with Gasteiger partial charge in [0.15, 0.2) is 0 Å². The lowest BCUT2D eigenvalue weighted by molar-refractivity contribution is 0.174. The summed E-state index contributed by atoms with van der Waals surface area (Å²) < 4.78 is 0. The van der Waals surface area contributed by atoms with E-state index in [0.29, 0.717) is 6.04 Å². The summed E-state index contributed by atoms with van der Waals surface area (Å²) in [6.45, 7) is 10.2. The van der Waals surface area contributed by atoms with E-state index in [0.717, 1.165) is 45.7 Å². The van der Waals surface area contributed by atoms with Crippen LogP contribution in [0.5, 0.6) is 0 Å². The second-order valence-electron chi connectivity index (χ2n) is 9.58. The molecule has 0 aromatic rings. The maximum absolute atomic E-state index is 11.9. The highest BCUT2D eigenvalue weighted by Gasteiger charge is 2.16. The summed E-state index contributed by atoms with van der Waals surface area (Å²) in [6, 6.07) is 0.549. The summed E-state index contributed by atoms with van der Waals surface area (Å²) in [5.41, 5.74) is 0. The van der Waals surface area contributed by atoms with Gasteiger partial charge in [-0.3, -0.25) is 4.90 Å². The monoisotopic (exact) mass is 438 g/mol. The Bertz CT molecular complexity index is 405. The molecule has 184 valence electrons. The van der Waals surface area contributed by atoms with Crippen LogP contribution in [0.4, 0.5) is 4.79 Å². The number of urea groups is 1. The molecule has 1 unspecified atom stereocenters. The summed E-state index contributed by atoms with van der Waals surface area (Å²) in [5, 5.41) is 9.39. The summed E-state index contributed by atoms with van der Waals surface area (Å²) in [4.78, 5) is 14.3. The quantitative estimate of drug-likeness (QED) is 0.209. The van der Waals surface area contributed by atoms with Crippen molar-refractivity contribution in [1.29, 1.82) is 0 Å². The number of rotatable bonds is 20. The lowest BCUT2D eigenvalue weighted by atomic mass is 10.0. The standard InChI is InChI=1S/C26H54N4O/c1-3-4-5-6-7-8-9-10-11-12-13-14-15-16-17-18-19-28-26(31)29-21-23-30-22-20-27-24-25(30)2/h25,27H,3-24H2,1-2H3,(H2,28,29,31). The summed E-state index contributed by atoms with van der Waals surface area (Å²) in [5.74, 6) is 0. The Kier molecular flexibility index (Phi) is 19.2. The number of nitrogens with one attached hydrogen (secondary N) is 3. The van der Waals surface area contributed by atoms with Gasteiger partial charge in [-0.05, 0) is 13.3 Å². The Morgan fingerprint density at radius 2 is 1.26 bits per heavy atom. The highest BCUT2D eigenvalue weighted by atomic mass is 16.2. The Hall–Kier alpha value is -0.810. The van der Waals surface area contributed by atoms with Crippen molar-refractivity contribution in [3.63, 3.8) is 0 Å². The highest BCUT2D eigenvalue weighted by Crippen LogP contribution is 2.13. The van der Waals surface area contributed by atoms with Crippen molar-refractivity contribution < 1.29 is 4.79 Å². The van der Waals surface area contributed by atoms with Crippen molar-refractivity contribution in [3.05, 3.63) is 0 Å². The molecule has 3 N–H and O–H groups in total. The highest BCUT2D eigenvalue weighted by molar-refractivity contribution is 5.73. The molecule has 1 heterocycles. The Balaban J connectivity index is 1.74.